The van der Waals surface area contributed by atoms with Crippen LogP contribution in [0.4, 0.5) is 5.95 Å². The summed E-state index contributed by atoms with van der Waals surface area (Å²) in [5.41, 5.74) is 2.95. The fourth-order valence-electron chi connectivity index (χ4n) is 3.76. The third-order valence-corrected chi connectivity index (χ3v) is 5.47. The van der Waals surface area contributed by atoms with Crippen LogP contribution in [0, 0.1) is 0 Å². The molecule has 5 rings (SSSR count). The van der Waals surface area contributed by atoms with Crippen LogP contribution in [-0.4, -0.2) is 49.4 Å². The van der Waals surface area contributed by atoms with Crippen molar-refractivity contribution in [2.24, 2.45) is 7.05 Å². The molecule has 0 N–H and O–H groups in total. The SMILES string of the molecule is Cn1c(N2CCOC(c3ccc(-c4ncno4)cc3)CC2)nc(-c2ccncn2)cc1=O. The quantitative estimate of drug-likeness (QED) is 0.480. The van der Waals surface area contributed by atoms with Crippen molar-refractivity contribution in [1.29, 1.82) is 0 Å². The van der Waals surface area contributed by atoms with Crippen molar-refractivity contribution in [1.82, 2.24) is 29.7 Å². The van der Waals surface area contributed by atoms with Crippen LogP contribution < -0.4 is 10.5 Å². The Balaban J connectivity index is 1.35. The number of benzene rings is 1. The molecule has 3 aromatic heterocycles. The standard InChI is InChI=1S/C22H21N7O3/c1-28-20(30)12-18(17-6-8-23-13-24-17)27-22(28)29-9-7-19(31-11-10-29)15-2-4-16(5-3-15)21-25-14-26-32-21/h2-6,8,12-14,19H,7,9-11H2,1H3. The lowest BCUT2D eigenvalue weighted by molar-refractivity contribution is 0.0647. The van der Waals surface area contributed by atoms with Crippen LogP contribution in [0.2, 0.25) is 0 Å². The minimum Gasteiger partial charge on any atom is -0.372 e. The summed E-state index contributed by atoms with van der Waals surface area (Å²) in [6, 6.07) is 11.2. The van der Waals surface area contributed by atoms with E-state index >= 15 is 0 Å². The Morgan fingerprint density at radius 1 is 1.03 bits per heavy atom. The molecule has 0 amide bonds. The van der Waals surface area contributed by atoms with E-state index in [1.165, 1.54) is 18.7 Å². The number of rotatable bonds is 4. The highest BCUT2D eigenvalue weighted by molar-refractivity contribution is 5.55. The van der Waals surface area contributed by atoms with Crippen molar-refractivity contribution in [2.75, 3.05) is 24.6 Å². The first-order chi connectivity index (χ1) is 15.7. The van der Waals surface area contributed by atoms with Crippen molar-refractivity contribution in [3.63, 3.8) is 0 Å². The smallest absolute Gasteiger partial charge is 0.257 e. The molecule has 1 saturated heterocycles. The maximum atomic E-state index is 12.6. The molecule has 0 aliphatic carbocycles. The minimum atomic E-state index is -0.137. The summed E-state index contributed by atoms with van der Waals surface area (Å²) in [7, 11) is 1.73. The van der Waals surface area contributed by atoms with E-state index in [1.807, 2.05) is 24.3 Å². The molecule has 1 fully saturated rings. The molecule has 10 nitrogen and oxygen atoms in total. The molecule has 10 heteroatoms. The van der Waals surface area contributed by atoms with Gasteiger partial charge in [0, 0.05) is 38.0 Å². The summed E-state index contributed by atoms with van der Waals surface area (Å²) >= 11 is 0. The second kappa shape index (κ2) is 8.67. The molecule has 0 spiro atoms. The van der Waals surface area contributed by atoms with Gasteiger partial charge in [-0.3, -0.25) is 9.36 Å². The Morgan fingerprint density at radius 2 is 1.91 bits per heavy atom. The maximum absolute atomic E-state index is 12.6. The van der Waals surface area contributed by atoms with Crippen molar-refractivity contribution < 1.29 is 9.26 Å². The van der Waals surface area contributed by atoms with Crippen molar-refractivity contribution in [3.8, 4) is 22.8 Å². The first-order valence-electron chi connectivity index (χ1n) is 10.3. The third-order valence-electron chi connectivity index (χ3n) is 5.47. The van der Waals surface area contributed by atoms with Crippen molar-refractivity contribution in [3.05, 3.63) is 71.2 Å². The van der Waals surface area contributed by atoms with Gasteiger partial charge < -0.3 is 14.2 Å². The summed E-state index contributed by atoms with van der Waals surface area (Å²) in [5, 5.41) is 3.65. The first-order valence-corrected chi connectivity index (χ1v) is 10.3. The fourth-order valence-corrected chi connectivity index (χ4v) is 3.76. The van der Waals surface area contributed by atoms with Crippen LogP contribution in [0.15, 0.2) is 64.6 Å². The molecule has 1 aliphatic rings. The Hall–Kier alpha value is -3.92. The molecule has 4 heterocycles. The molecular formula is C22H21N7O3. The van der Waals surface area contributed by atoms with Gasteiger partial charge in [-0.15, -0.1) is 0 Å². The Kier molecular flexibility index (Phi) is 5.42. The van der Waals surface area contributed by atoms with E-state index in [2.05, 4.69) is 25.0 Å². The zero-order valence-corrected chi connectivity index (χ0v) is 17.5. The van der Waals surface area contributed by atoms with Crippen LogP contribution in [0.25, 0.3) is 22.8 Å². The van der Waals surface area contributed by atoms with Crippen LogP contribution >= 0.6 is 0 Å². The first kappa shape index (κ1) is 20.0. The van der Waals surface area contributed by atoms with E-state index in [1.54, 1.807) is 23.9 Å². The highest BCUT2D eigenvalue weighted by atomic mass is 16.5. The van der Waals surface area contributed by atoms with Crippen LogP contribution in [0.1, 0.15) is 18.1 Å². The zero-order valence-electron chi connectivity index (χ0n) is 17.5. The molecule has 4 aromatic rings. The second-order valence-corrected chi connectivity index (χ2v) is 7.44. The average Bonchev–Trinajstić information content (AvgIpc) is 3.27. The van der Waals surface area contributed by atoms with Crippen LogP contribution in [-0.2, 0) is 11.8 Å². The van der Waals surface area contributed by atoms with Crippen LogP contribution in [0.5, 0.6) is 0 Å². The third kappa shape index (κ3) is 4.00. The van der Waals surface area contributed by atoms with Gasteiger partial charge in [0.15, 0.2) is 6.33 Å². The van der Waals surface area contributed by atoms with Gasteiger partial charge in [-0.25, -0.2) is 15.0 Å². The van der Waals surface area contributed by atoms with Gasteiger partial charge in [0.1, 0.15) is 6.33 Å². The van der Waals surface area contributed by atoms with Gasteiger partial charge in [0.2, 0.25) is 5.95 Å². The van der Waals surface area contributed by atoms with Crippen LogP contribution in [0.3, 0.4) is 0 Å². The molecule has 0 radical (unpaired) electrons. The van der Waals surface area contributed by atoms with Gasteiger partial charge in [-0.1, -0.05) is 17.3 Å². The molecule has 1 aliphatic heterocycles. The minimum absolute atomic E-state index is 0.0567. The maximum Gasteiger partial charge on any atom is 0.257 e. The van der Waals surface area contributed by atoms with E-state index < -0.39 is 0 Å². The molecule has 1 atom stereocenters. The lowest BCUT2D eigenvalue weighted by Gasteiger charge is -2.23. The van der Waals surface area contributed by atoms with Gasteiger partial charge in [0.25, 0.3) is 11.4 Å². The fraction of sp³-hybridized carbons (Fsp3) is 0.273. The Bertz CT molecular complexity index is 1240. The van der Waals surface area contributed by atoms with Gasteiger partial charge >= 0.3 is 0 Å². The van der Waals surface area contributed by atoms with E-state index in [4.69, 9.17) is 14.2 Å². The van der Waals surface area contributed by atoms with Gasteiger partial charge in [-0.2, -0.15) is 4.98 Å². The summed E-state index contributed by atoms with van der Waals surface area (Å²) in [4.78, 5) is 31.6. The molecular weight excluding hydrogens is 410 g/mol. The number of hydrogen-bond acceptors (Lipinski definition) is 9. The van der Waals surface area contributed by atoms with E-state index in [-0.39, 0.29) is 11.7 Å². The lowest BCUT2D eigenvalue weighted by atomic mass is 10.0. The van der Waals surface area contributed by atoms with Crippen molar-refractivity contribution >= 4 is 5.95 Å². The van der Waals surface area contributed by atoms with Gasteiger partial charge in [0.05, 0.1) is 24.1 Å². The zero-order chi connectivity index (χ0) is 21.9. The summed E-state index contributed by atoms with van der Waals surface area (Å²) < 4.78 is 12.8. The largest absolute Gasteiger partial charge is 0.372 e. The highest BCUT2D eigenvalue weighted by Crippen LogP contribution is 2.27. The van der Waals surface area contributed by atoms with E-state index in [0.29, 0.717) is 42.9 Å². The summed E-state index contributed by atoms with van der Waals surface area (Å²) in [6.07, 6.45) is 5.16. The molecule has 0 bridgehead atoms. The molecule has 1 aromatic carbocycles. The number of anilines is 1. The topological polar surface area (TPSA) is 112 Å². The van der Waals surface area contributed by atoms with Crippen molar-refractivity contribution in [2.45, 2.75) is 12.5 Å². The Labute approximate surface area is 183 Å². The monoisotopic (exact) mass is 431 g/mol. The summed E-state index contributed by atoms with van der Waals surface area (Å²) in [6.45, 7) is 1.84. The number of hydrogen-bond donors (Lipinski definition) is 0. The summed E-state index contributed by atoms with van der Waals surface area (Å²) in [5.74, 6) is 1.09. The second-order valence-electron chi connectivity index (χ2n) is 7.44. The molecule has 32 heavy (non-hydrogen) atoms. The number of nitrogens with zero attached hydrogens (tertiary/aromatic N) is 7. The Morgan fingerprint density at radius 3 is 2.66 bits per heavy atom. The van der Waals surface area contributed by atoms with Gasteiger partial charge in [-0.05, 0) is 30.2 Å². The predicted molar refractivity (Wildman–Crippen MR) is 116 cm³/mol. The molecule has 0 saturated carbocycles. The van der Waals surface area contributed by atoms with E-state index in [0.717, 1.165) is 17.5 Å². The predicted octanol–water partition coefficient (Wildman–Crippen LogP) is 2.26. The lowest BCUT2D eigenvalue weighted by Crippen LogP contribution is -2.33. The number of aromatic nitrogens is 6. The molecule has 162 valence electrons. The van der Waals surface area contributed by atoms with E-state index in [9.17, 15) is 4.79 Å². The average molecular weight is 431 g/mol. The highest BCUT2D eigenvalue weighted by Gasteiger charge is 2.22. The number of ether oxygens (including phenoxy) is 1. The normalized spacial score (nSPS) is 16.7. The molecule has 1 unspecified atom stereocenters.